The molecule has 1 N–H and O–H groups in total. The van der Waals surface area contributed by atoms with Crippen LogP contribution in [-0.4, -0.2) is 30.5 Å². The predicted octanol–water partition coefficient (Wildman–Crippen LogP) is 5.44. The van der Waals surface area contributed by atoms with Crippen LogP contribution in [0, 0.1) is 11.6 Å². The number of carbonyl (C=O) groups is 1. The largest absolute Gasteiger partial charge is 0.364 e. The number of hydrogen-bond donors (Lipinski definition) is 1. The summed E-state index contributed by atoms with van der Waals surface area (Å²) in [5.74, 6) is -1.91. The molecule has 35 heavy (non-hydrogen) atoms. The third-order valence-corrected chi connectivity index (χ3v) is 8.88. The Morgan fingerprint density at radius 2 is 1.97 bits per heavy atom. The van der Waals surface area contributed by atoms with Gasteiger partial charge in [0.05, 0.1) is 27.7 Å². The summed E-state index contributed by atoms with van der Waals surface area (Å²) >= 11 is 12.6. The number of carbonyl (C=O) groups excluding carboxylic acids is 1. The Balaban J connectivity index is 1.47. The fourth-order valence-electron chi connectivity index (χ4n) is 4.23. The van der Waals surface area contributed by atoms with Gasteiger partial charge in [-0.25, -0.2) is 26.4 Å². The smallest absolute Gasteiger partial charge is 0.268 e. The van der Waals surface area contributed by atoms with Gasteiger partial charge in [0.1, 0.15) is 20.9 Å². The highest BCUT2D eigenvalue weighted by atomic mass is 35.5. The Hall–Kier alpha value is -2.73. The van der Waals surface area contributed by atoms with Crippen molar-refractivity contribution < 1.29 is 22.0 Å². The van der Waals surface area contributed by atoms with Gasteiger partial charge in [0.2, 0.25) is 0 Å². The van der Waals surface area contributed by atoms with Crippen molar-refractivity contribution in [2.45, 2.75) is 23.8 Å². The lowest BCUT2D eigenvalue weighted by atomic mass is 10.0. The maximum Gasteiger partial charge on any atom is 0.268 e. The molecule has 0 bridgehead atoms. The van der Waals surface area contributed by atoms with Gasteiger partial charge < -0.3 is 4.90 Å². The standard InChI is InChI=1S/C22H16Cl2F2N4O3S2/c23-20-10-19(21(24)34-20)35(32,33)28-22(31)15-11-27-30-7-5-13(9-18(15)30)29-6-1-2-17(29)14-8-12(25)3-4-16(14)26/h3-5,7-11,17H,1-2,6H2,(H,28,31)/t17-/m1/s1. The van der Waals surface area contributed by atoms with Crippen LogP contribution in [0.25, 0.3) is 5.52 Å². The topological polar surface area (TPSA) is 83.8 Å². The number of thiophene rings is 1. The molecular formula is C22H16Cl2F2N4O3S2. The summed E-state index contributed by atoms with van der Waals surface area (Å²) in [5.41, 5.74) is 1.27. The second-order valence-corrected chi connectivity index (χ2v) is 11.8. The highest BCUT2D eigenvalue weighted by Gasteiger charge is 2.30. The van der Waals surface area contributed by atoms with Crippen LogP contribution in [-0.2, 0) is 10.0 Å². The first-order valence-electron chi connectivity index (χ1n) is 10.3. The molecule has 5 rings (SSSR count). The van der Waals surface area contributed by atoms with E-state index in [1.54, 1.807) is 18.3 Å². The molecule has 1 atom stereocenters. The second-order valence-electron chi connectivity index (χ2n) is 7.91. The van der Waals surface area contributed by atoms with Crippen molar-refractivity contribution >= 4 is 61.7 Å². The molecule has 0 radical (unpaired) electrons. The maximum atomic E-state index is 14.5. The predicted molar refractivity (Wildman–Crippen MR) is 130 cm³/mol. The Morgan fingerprint density at radius 3 is 2.71 bits per heavy atom. The molecular weight excluding hydrogens is 541 g/mol. The van der Waals surface area contributed by atoms with E-state index in [0.29, 0.717) is 24.2 Å². The normalized spacial score (nSPS) is 16.2. The first-order valence-corrected chi connectivity index (χ1v) is 13.4. The molecule has 7 nitrogen and oxygen atoms in total. The lowest BCUT2D eigenvalue weighted by Gasteiger charge is -2.27. The van der Waals surface area contributed by atoms with E-state index in [1.165, 1.54) is 16.8 Å². The summed E-state index contributed by atoms with van der Waals surface area (Å²) in [4.78, 5) is 14.5. The molecule has 3 aromatic heterocycles. The minimum absolute atomic E-state index is 0.0144. The monoisotopic (exact) mass is 556 g/mol. The lowest BCUT2D eigenvalue weighted by Crippen LogP contribution is -2.30. The highest BCUT2D eigenvalue weighted by molar-refractivity contribution is 7.90. The van der Waals surface area contributed by atoms with E-state index in [2.05, 4.69) is 5.10 Å². The van der Waals surface area contributed by atoms with Crippen molar-refractivity contribution in [3.05, 3.63) is 80.2 Å². The van der Waals surface area contributed by atoms with Crippen molar-refractivity contribution in [1.82, 2.24) is 14.3 Å². The van der Waals surface area contributed by atoms with E-state index in [-0.39, 0.29) is 30.7 Å². The number of sulfonamides is 1. The van der Waals surface area contributed by atoms with E-state index >= 15 is 0 Å². The van der Waals surface area contributed by atoms with Crippen LogP contribution in [0.5, 0.6) is 0 Å². The van der Waals surface area contributed by atoms with Gasteiger partial charge in [-0.15, -0.1) is 11.3 Å². The van der Waals surface area contributed by atoms with Crippen molar-refractivity contribution in [2.24, 2.45) is 0 Å². The summed E-state index contributed by atoms with van der Waals surface area (Å²) in [6.07, 6.45) is 4.25. The van der Waals surface area contributed by atoms with E-state index in [1.807, 2.05) is 9.62 Å². The third-order valence-electron chi connectivity index (χ3n) is 5.79. The van der Waals surface area contributed by atoms with Gasteiger partial charge in [-0.2, -0.15) is 5.10 Å². The molecule has 0 spiro atoms. The van der Waals surface area contributed by atoms with E-state index in [9.17, 15) is 22.0 Å². The summed E-state index contributed by atoms with van der Waals surface area (Å²) in [6.45, 7) is 0.595. The molecule has 1 saturated heterocycles. The Bertz CT molecular complexity index is 1570. The molecule has 1 aliphatic rings. The zero-order chi connectivity index (χ0) is 24.9. The molecule has 1 aromatic carbocycles. The molecule has 1 amide bonds. The van der Waals surface area contributed by atoms with Crippen molar-refractivity contribution in [3.8, 4) is 0 Å². The van der Waals surface area contributed by atoms with Crippen molar-refractivity contribution in [1.29, 1.82) is 0 Å². The SMILES string of the molecule is O=C(NS(=O)(=O)c1cc(Cl)sc1Cl)c1cnn2ccc(N3CCC[C@@H]3c3cc(F)ccc3F)cc12. The van der Waals surface area contributed by atoms with Crippen LogP contribution in [0.3, 0.4) is 0 Å². The number of aromatic nitrogens is 2. The maximum absolute atomic E-state index is 14.5. The van der Waals surface area contributed by atoms with Crippen LogP contribution in [0.15, 0.2) is 53.7 Å². The number of hydrogen-bond acceptors (Lipinski definition) is 6. The molecule has 0 unspecified atom stereocenters. The van der Waals surface area contributed by atoms with Gasteiger partial charge in [0, 0.05) is 24.0 Å². The average Bonchev–Trinajstić information content (AvgIpc) is 3.52. The van der Waals surface area contributed by atoms with Gasteiger partial charge in [0.25, 0.3) is 15.9 Å². The van der Waals surface area contributed by atoms with Crippen molar-refractivity contribution in [3.63, 3.8) is 0 Å². The zero-order valence-electron chi connectivity index (χ0n) is 17.7. The molecule has 1 fully saturated rings. The minimum Gasteiger partial charge on any atom is -0.364 e. The van der Waals surface area contributed by atoms with Gasteiger partial charge in [-0.1, -0.05) is 23.2 Å². The van der Waals surface area contributed by atoms with Crippen LogP contribution in [0.4, 0.5) is 14.5 Å². The quantitative estimate of drug-likeness (QED) is 0.354. The molecule has 182 valence electrons. The second kappa shape index (κ2) is 9.05. The van der Waals surface area contributed by atoms with Crippen LogP contribution in [0.1, 0.15) is 34.8 Å². The first kappa shape index (κ1) is 24.0. The van der Waals surface area contributed by atoms with Crippen LogP contribution >= 0.6 is 34.5 Å². The lowest BCUT2D eigenvalue weighted by molar-refractivity contribution is 0.0983. The Kier molecular flexibility index (Phi) is 6.20. The number of pyridine rings is 1. The Labute approximate surface area is 212 Å². The molecule has 4 heterocycles. The number of halogens is 4. The molecule has 4 aromatic rings. The van der Waals surface area contributed by atoms with Gasteiger partial charge >= 0.3 is 0 Å². The zero-order valence-corrected chi connectivity index (χ0v) is 20.9. The fraction of sp³-hybridized carbons (Fsp3) is 0.182. The number of amides is 1. The summed E-state index contributed by atoms with van der Waals surface area (Å²) in [7, 11) is -4.27. The number of anilines is 1. The number of nitrogens with zero attached hydrogens (tertiary/aromatic N) is 3. The van der Waals surface area contributed by atoms with E-state index < -0.39 is 27.6 Å². The van der Waals surface area contributed by atoms with Crippen molar-refractivity contribution in [2.75, 3.05) is 11.4 Å². The number of fused-ring (bicyclic) bond motifs is 1. The average molecular weight is 557 g/mol. The van der Waals surface area contributed by atoms with Gasteiger partial charge in [-0.05, 0) is 49.2 Å². The van der Waals surface area contributed by atoms with Gasteiger partial charge in [-0.3, -0.25) is 4.79 Å². The summed E-state index contributed by atoms with van der Waals surface area (Å²) < 4.78 is 57.2. The first-order chi connectivity index (χ1) is 16.6. The molecule has 13 heteroatoms. The molecule has 0 aliphatic carbocycles. The van der Waals surface area contributed by atoms with Crippen LogP contribution < -0.4 is 9.62 Å². The summed E-state index contributed by atoms with van der Waals surface area (Å²) in [5, 5.41) is 4.12. The summed E-state index contributed by atoms with van der Waals surface area (Å²) in [6, 6.07) is 7.57. The third kappa shape index (κ3) is 4.49. The molecule has 0 saturated carbocycles. The Morgan fingerprint density at radius 1 is 1.17 bits per heavy atom. The highest BCUT2D eigenvalue weighted by Crippen LogP contribution is 2.38. The number of nitrogens with one attached hydrogen (secondary N) is 1. The van der Waals surface area contributed by atoms with E-state index in [4.69, 9.17) is 23.2 Å². The minimum atomic E-state index is -4.27. The number of benzene rings is 1. The van der Waals surface area contributed by atoms with Gasteiger partial charge in [0.15, 0.2) is 0 Å². The van der Waals surface area contributed by atoms with E-state index in [0.717, 1.165) is 36.0 Å². The fourth-order valence-corrected chi connectivity index (χ4v) is 7.35. The number of rotatable bonds is 5. The van der Waals surface area contributed by atoms with Crippen LogP contribution in [0.2, 0.25) is 8.67 Å². The molecule has 1 aliphatic heterocycles.